The lowest BCUT2D eigenvalue weighted by atomic mass is 10.1. The zero-order chi connectivity index (χ0) is 14.8. The first-order valence-corrected chi connectivity index (χ1v) is 6.99. The molecular weight excluding hydrogens is 266 g/mol. The predicted octanol–water partition coefficient (Wildman–Crippen LogP) is 0.973. The number of anilines is 2. The number of primary amides is 1. The van der Waals surface area contributed by atoms with Crippen LogP contribution in [0.2, 0.25) is 0 Å². The molecule has 1 aliphatic heterocycles. The second kappa shape index (κ2) is 5.47. The molecule has 2 heterocycles. The Labute approximate surface area is 123 Å². The van der Waals surface area contributed by atoms with Gasteiger partial charge in [0.1, 0.15) is 6.54 Å². The van der Waals surface area contributed by atoms with Crippen molar-refractivity contribution in [2.45, 2.75) is 19.5 Å². The summed E-state index contributed by atoms with van der Waals surface area (Å²) in [7, 11) is 2.12. The molecule has 0 unspecified atom stereocenters. The summed E-state index contributed by atoms with van der Waals surface area (Å²) in [6.45, 7) is 1.93. The summed E-state index contributed by atoms with van der Waals surface area (Å²) >= 11 is 0. The number of fused-ring (bicyclic) bond motifs is 1. The summed E-state index contributed by atoms with van der Waals surface area (Å²) in [4.78, 5) is 13.1. The van der Waals surface area contributed by atoms with Gasteiger partial charge in [-0.15, -0.1) is 0 Å². The van der Waals surface area contributed by atoms with Crippen LogP contribution in [0.3, 0.4) is 0 Å². The highest BCUT2D eigenvalue weighted by Gasteiger charge is 2.15. The van der Waals surface area contributed by atoms with Gasteiger partial charge in [0.05, 0.1) is 11.9 Å². The lowest BCUT2D eigenvalue weighted by Gasteiger charge is -2.12. The van der Waals surface area contributed by atoms with Crippen molar-refractivity contribution in [3.63, 3.8) is 0 Å². The van der Waals surface area contributed by atoms with Gasteiger partial charge in [-0.3, -0.25) is 9.48 Å². The molecule has 1 amide bonds. The standard InChI is InChI=1S/C15H19N5O/c1-19-5-4-12-6-11(2-3-14(12)19)7-17-13-8-18-20(9-13)10-15(16)21/h2-3,6,8-9,17H,4-5,7,10H2,1H3,(H2,16,21). The van der Waals surface area contributed by atoms with Crippen molar-refractivity contribution >= 4 is 17.3 Å². The zero-order valence-electron chi connectivity index (χ0n) is 12.0. The first-order chi connectivity index (χ1) is 10.1. The Morgan fingerprint density at radius 1 is 1.48 bits per heavy atom. The molecular formula is C15H19N5O. The molecule has 0 bridgehead atoms. The Morgan fingerprint density at radius 3 is 3.14 bits per heavy atom. The topological polar surface area (TPSA) is 76.2 Å². The fourth-order valence-electron chi connectivity index (χ4n) is 2.64. The maximum absolute atomic E-state index is 10.8. The Bertz CT molecular complexity index is 664. The van der Waals surface area contributed by atoms with E-state index in [1.54, 1.807) is 12.4 Å². The van der Waals surface area contributed by atoms with Gasteiger partial charge in [0.15, 0.2) is 0 Å². The Balaban J connectivity index is 1.63. The third-order valence-corrected chi connectivity index (χ3v) is 3.72. The van der Waals surface area contributed by atoms with Gasteiger partial charge in [-0.2, -0.15) is 5.10 Å². The summed E-state index contributed by atoms with van der Waals surface area (Å²) in [5.74, 6) is -0.396. The lowest BCUT2D eigenvalue weighted by molar-refractivity contribution is -0.118. The first-order valence-electron chi connectivity index (χ1n) is 6.99. The number of likely N-dealkylation sites (N-methyl/N-ethyl adjacent to an activating group) is 1. The molecule has 110 valence electrons. The van der Waals surface area contributed by atoms with Gasteiger partial charge < -0.3 is 16.0 Å². The molecule has 1 aromatic heterocycles. The molecule has 0 saturated heterocycles. The fourth-order valence-corrected chi connectivity index (χ4v) is 2.64. The molecule has 1 aromatic carbocycles. The largest absolute Gasteiger partial charge is 0.378 e. The number of aromatic nitrogens is 2. The number of carbonyl (C=O) groups is 1. The summed E-state index contributed by atoms with van der Waals surface area (Å²) in [6.07, 6.45) is 4.59. The van der Waals surface area contributed by atoms with Crippen molar-refractivity contribution in [3.05, 3.63) is 41.7 Å². The highest BCUT2D eigenvalue weighted by Crippen LogP contribution is 2.27. The second-order valence-corrected chi connectivity index (χ2v) is 5.38. The number of nitrogens with zero attached hydrogens (tertiary/aromatic N) is 3. The van der Waals surface area contributed by atoms with Gasteiger partial charge in [-0.1, -0.05) is 12.1 Å². The monoisotopic (exact) mass is 285 g/mol. The maximum Gasteiger partial charge on any atom is 0.239 e. The van der Waals surface area contributed by atoms with E-state index in [4.69, 9.17) is 5.73 Å². The lowest BCUT2D eigenvalue weighted by Crippen LogP contribution is -2.18. The van der Waals surface area contributed by atoms with Gasteiger partial charge in [0.25, 0.3) is 0 Å². The van der Waals surface area contributed by atoms with Gasteiger partial charge in [0, 0.05) is 32.0 Å². The van der Waals surface area contributed by atoms with Crippen LogP contribution in [0.25, 0.3) is 0 Å². The summed E-state index contributed by atoms with van der Waals surface area (Å²) in [6, 6.07) is 6.57. The van der Waals surface area contributed by atoms with E-state index in [1.807, 2.05) is 0 Å². The molecule has 0 radical (unpaired) electrons. The van der Waals surface area contributed by atoms with Crippen LogP contribution in [0.4, 0.5) is 11.4 Å². The van der Waals surface area contributed by atoms with Crippen molar-refractivity contribution in [3.8, 4) is 0 Å². The minimum Gasteiger partial charge on any atom is -0.378 e. The number of nitrogens with two attached hydrogens (primary N) is 1. The van der Waals surface area contributed by atoms with E-state index in [9.17, 15) is 4.79 Å². The molecule has 0 fully saturated rings. The highest BCUT2D eigenvalue weighted by molar-refractivity contribution is 5.73. The molecule has 1 aliphatic rings. The molecule has 0 saturated carbocycles. The molecule has 0 aliphatic carbocycles. The van der Waals surface area contributed by atoms with Crippen LogP contribution < -0.4 is 16.0 Å². The third-order valence-electron chi connectivity index (χ3n) is 3.72. The van der Waals surface area contributed by atoms with Crippen LogP contribution in [0.5, 0.6) is 0 Å². The molecule has 2 aromatic rings. The van der Waals surface area contributed by atoms with Crippen LogP contribution in [0.1, 0.15) is 11.1 Å². The van der Waals surface area contributed by atoms with Crippen molar-refractivity contribution in [1.82, 2.24) is 9.78 Å². The van der Waals surface area contributed by atoms with Crippen molar-refractivity contribution in [2.75, 3.05) is 23.8 Å². The van der Waals surface area contributed by atoms with Gasteiger partial charge in [-0.05, 0) is 23.6 Å². The van der Waals surface area contributed by atoms with E-state index in [2.05, 4.69) is 40.6 Å². The number of rotatable bonds is 5. The van der Waals surface area contributed by atoms with E-state index < -0.39 is 5.91 Å². The van der Waals surface area contributed by atoms with Crippen LogP contribution in [0, 0.1) is 0 Å². The van der Waals surface area contributed by atoms with E-state index >= 15 is 0 Å². The van der Waals surface area contributed by atoms with Crippen LogP contribution in [0.15, 0.2) is 30.6 Å². The van der Waals surface area contributed by atoms with E-state index in [-0.39, 0.29) is 6.54 Å². The smallest absolute Gasteiger partial charge is 0.239 e. The first kappa shape index (κ1) is 13.5. The Morgan fingerprint density at radius 2 is 2.33 bits per heavy atom. The van der Waals surface area contributed by atoms with Gasteiger partial charge >= 0.3 is 0 Å². The predicted molar refractivity (Wildman–Crippen MR) is 82.2 cm³/mol. The second-order valence-electron chi connectivity index (χ2n) is 5.38. The van der Waals surface area contributed by atoms with Crippen LogP contribution in [-0.2, 0) is 24.3 Å². The van der Waals surface area contributed by atoms with Crippen molar-refractivity contribution in [2.24, 2.45) is 5.73 Å². The normalized spacial score (nSPS) is 13.3. The maximum atomic E-state index is 10.8. The van der Waals surface area contributed by atoms with Crippen molar-refractivity contribution < 1.29 is 4.79 Å². The molecule has 21 heavy (non-hydrogen) atoms. The number of nitrogens with one attached hydrogen (secondary N) is 1. The number of benzene rings is 1. The quantitative estimate of drug-likeness (QED) is 0.858. The fraction of sp³-hybridized carbons (Fsp3) is 0.333. The third kappa shape index (κ3) is 2.99. The Kier molecular flexibility index (Phi) is 3.51. The Hall–Kier alpha value is -2.50. The van der Waals surface area contributed by atoms with Crippen LogP contribution >= 0.6 is 0 Å². The number of carbonyl (C=O) groups excluding carboxylic acids is 1. The minimum absolute atomic E-state index is 0.104. The summed E-state index contributed by atoms with van der Waals surface area (Å²) in [5, 5.41) is 7.39. The molecule has 0 atom stereocenters. The summed E-state index contributed by atoms with van der Waals surface area (Å²) < 4.78 is 1.53. The van der Waals surface area contributed by atoms with E-state index in [0.29, 0.717) is 0 Å². The van der Waals surface area contributed by atoms with Gasteiger partial charge in [0.2, 0.25) is 5.91 Å². The molecule has 0 spiro atoms. The van der Waals surface area contributed by atoms with E-state index in [1.165, 1.54) is 21.5 Å². The van der Waals surface area contributed by atoms with Gasteiger partial charge in [-0.25, -0.2) is 0 Å². The SMILES string of the molecule is CN1CCc2cc(CNc3cnn(CC(N)=O)c3)ccc21. The molecule has 6 heteroatoms. The average Bonchev–Trinajstić information content (AvgIpc) is 3.03. The van der Waals surface area contributed by atoms with Crippen molar-refractivity contribution in [1.29, 1.82) is 0 Å². The zero-order valence-corrected chi connectivity index (χ0v) is 12.0. The number of amides is 1. The minimum atomic E-state index is -0.396. The van der Waals surface area contributed by atoms with E-state index in [0.717, 1.165) is 25.2 Å². The number of hydrogen-bond donors (Lipinski definition) is 2. The average molecular weight is 285 g/mol. The van der Waals surface area contributed by atoms with Crippen LogP contribution in [-0.4, -0.2) is 29.3 Å². The highest BCUT2D eigenvalue weighted by atomic mass is 16.1. The summed E-state index contributed by atoms with van der Waals surface area (Å²) in [5.41, 5.74) is 9.99. The molecule has 3 N–H and O–H groups in total. The molecule has 6 nitrogen and oxygen atoms in total. The number of hydrogen-bond acceptors (Lipinski definition) is 4. The molecule has 3 rings (SSSR count).